The second-order valence-electron chi connectivity index (χ2n) is 3.16. The van der Waals surface area contributed by atoms with Crippen LogP contribution in [0.5, 0.6) is 0 Å². The molecule has 0 radical (unpaired) electrons. The van der Waals surface area contributed by atoms with Crippen LogP contribution in [-0.4, -0.2) is 5.75 Å². The van der Waals surface area contributed by atoms with Crippen molar-refractivity contribution in [1.29, 1.82) is 0 Å². The van der Waals surface area contributed by atoms with Gasteiger partial charge in [-0.25, -0.2) is 4.39 Å². The third-order valence-electron chi connectivity index (χ3n) is 1.93. The molecule has 0 saturated carbocycles. The van der Waals surface area contributed by atoms with E-state index >= 15 is 0 Å². The number of rotatable bonds is 5. The van der Waals surface area contributed by atoms with Crippen LogP contribution < -0.4 is 0 Å². The van der Waals surface area contributed by atoms with Gasteiger partial charge in [0.2, 0.25) is 0 Å². The fraction of sp³-hybridized carbons (Fsp3) is 0.333. The van der Waals surface area contributed by atoms with E-state index in [4.69, 9.17) is 11.6 Å². The second kappa shape index (κ2) is 6.91. The van der Waals surface area contributed by atoms with E-state index in [0.29, 0.717) is 5.56 Å². The zero-order valence-corrected chi connectivity index (χ0v) is 10.2. The zero-order chi connectivity index (χ0) is 11.1. The third kappa shape index (κ3) is 4.27. The first-order valence-corrected chi connectivity index (χ1v) is 6.35. The summed E-state index contributed by atoms with van der Waals surface area (Å²) in [5.74, 6) is 0.550. The average molecular weight is 245 g/mol. The number of thioether (sulfide) groups is 1. The molecule has 1 aromatic rings. The Morgan fingerprint density at radius 3 is 2.60 bits per heavy atom. The maximum Gasteiger partial charge on any atom is 0.155 e. The van der Waals surface area contributed by atoms with Crippen molar-refractivity contribution >= 4 is 29.2 Å². The number of hydrogen-bond donors (Lipinski definition) is 0. The van der Waals surface area contributed by atoms with E-state index in [1.165, 1.54) is 11.8 Å². The quantitative estimate of drug-likeness (QED) is 0.653. The van der Waals surface area contributed by atoms with Gasteiger partial charge in [-0.3, -0.25) is 0 Å². The summed E-state index contributed by atoms with van der Waals surface area (Å²) in [4.78, 5) is 0. The SMILES string of the molecule is CCCCS/C(Cl)=C(\F)c1ccccc1. The Kier molecular flexibility index (Phi) is 5.81. The van der Waals surface area contributed by atoms with Gasteiger partial charge in [0, 0.05) is 5.56 Å². The lowest BCUT2D eigenvalue weighted by atomic mass is 10.2. The topological polar surface area (TPSA) is 0 Å². The summed E-state index contributed by atoms with van der Waals surface area (Å²) < 4.78 is 13.9. The lowest BCUT2D eigenvalue weighted by Crippen LogP contribution is -1.81. The molecular weight excluding hydrogens is 231 g/mol. The van der Waals surface area contributed by atoms with Crippen molar-refractivity contribution in [2.45, 2.75) is 19.8 Å². The predicted octanol–water partition coefficient (Wildman–Crippen LogP) is 5.05. The van der Waals surface area contributed by atoms with Crippen molar-refractivity contribution in [2.24, 2.45) is 0 Å². The minimum absolute atomic E-state index is 0.259. The molecule has 82 valence electrons. The summed E-state index contributed by atoms with van der Waals surface area (Å²) in [6, 6.07) is 8.90. The minimum Gasteiger partial charge on any atom is -0.204 e. The monoisotopic (exact) mass is 244 g/mol. The molecule has 0 nitrogen and oxygen atoms in total. The Hall–Kier alpha value is -0.470. The van der Waals surface area contributed by atoms with Crippen molar-refractivity contribution in [3.8, 4) is 0 Å². The van der Waals surface area contributed by atoms with Gasteiger partial charge >= 0.3 is 0 Å². The van der Waals surface area contributed by atoms with Gasteiger partial charge < -0.3 is 0 Å². The van der Waals surface area contributed by atoms with E-state index in [1.807, 2.05) is 6.07 Å². The fourth-order valence-corrected chi connectivity index (χ4v) is 2.26. The van der Waals surface area contributed by atoms with Gasteiger partial charge in [-0.05, 0) is 12.2 Å². The highest BCUT2D eigenvalue weighted by Gasteiger charge is 2.06. The summed E-state index contributed by atoms with van der Waals surface area (Å²) in [6.45, 7) is 2.10. The van der Waals surface area contributed by atoms with Crippen LogP contribution in [0, 0.1) is 0 Å². The molecule has 0 bridgehead atoms. The molecule has 0 aliphatic carbocycles. The zero-order valence-electron chi connectivity index (χ0n) is 8.67. The fourth-order valence-electron chi connectivity index (χ4n) is 1.07. The van der Waals surface area contributed by atoms with Crippen molar-refractivity contribution in [3.05, 3.63) is 40.3 Å². The van der Waals surface area contributed by atoms with Crippen LogP contribution in [-0.2, 0) is 0 Å². The molecule has 0 saturated heterocycles. The number of halogens is 2. The molecule has 0 amide bonds. The lowest BCUT2D eigenvalue weighted by molar-refractivity contribution is 0.760. The first kappa shape index (κ1) is 12.6. The van der Waals surface area contributed by atoms with Crippen LogP contribution in [0.4, 0.5) is 4.39 Å². The van der Waals surface area contributed by atoms with Gasteiger partial charge in [0.05, 0.1) is 0 Å². The number of unbranched alkanes of at least 4 members (excludes halogenated alkanes) is 1. The van der Waals surface area contributed by atoms with Crippen molar-refractivity contribution in [1.82, 2.24) is 0 Å². The molecule has 0 fully saturated rings. The Morgan fingerprint density at radius 1 is 1.33 bits per heavy atom. The van der Waals surface area contributed by atoms with Crippen LogP contribution in [0.1, 0.15) is 25.3 Å². The number of hydrogen-bond acceptors (Lipinski definition) is 1. The van der Waals surface area contributed by atoms with Gasteiger partial charge in [0.25, 0.3) is 0 Å². The average Bonchev–Trinajstić information content (AvgIpc) is 2.29. The smallest absolute Gasteiger partial charge is 0.155 e. The normalized spacial score (nSPS) is 12.5. The van der Waals surface area contributed by atoms with Crippen LogP contribution >= 0.6 is 23.4 Å². The summed E-state index contributed by atoms with van der Waals surface area (Å²) >= 11 is 7.24. The highest BCUT2D eigenvalue weighted by atomic mass is 35.5. The molecule has 3 heteroatoms. The third-order valence-corrected chi connectivity index (χ3v) is 3.35. The first-order valence-electron chi connectivity index (χ1n) is 4.99. The Bertz CT molecular complexity index is 322. The molecule has 0 aliphatic rings. The van der Waals surface area contributed by atoms with E-state index in [0.717, 1.165) is 18.6 Å². The van der Waals surface area contributed by atoms with Crippen LogP contribution in [0.25, 0.3) is 5.83 Å². The summed E-state index contributed by atoms with van der Waals surface area (Å²) in [6.07, 6.45) is 2.16. The van der Waals surface area contributed by atoms with Gasteiger partial charge in [0.15, 0.2) is 5.83 Å². The van der Waals surface area contributed by atoms with Crippen molar-refractivity contribution < 1.29 is 4.39 Å². The molecule has 0 unspecified atom stereocenters. The Labute approximate surface area is 99.5 Å². The highest BCUT2D eigenvalue weighted by Crippen LogP contribution is 2.31. The van der Waals surface area contributed by atoms with E-state index < -0.39 is 0 Å². The molecular formula is C12H14ClFS. The van der Waals surface area contributed by atoms with Gasteiger partial charge in [0.1, 0.15) is 4.36 Å². The molecule has 0 aliphatic heterocycles. The summed E-state index contributed by atoms with van der Waals surface area (Å²) in [5.41, 5.74) is 0.548. The maximum absolute atomic E-state index is 13.7. The molecule has 0 spiro atoms. The molecule has 15 heavy (non-hydrogen) atoms. The molecule has 1 aromatic carbocycles. The Morgan fingerprint density at radius 2 is 2.00 bits per heavy atom. The standard InChI is InChI=1S/C12H14ClFS/c1-2-3-9-15-12(13)11(14)10-7-5-4-6-8-10/h4-8H,2-3,9H2,1H3/b12-11-. The van der Waals surface area contributed by atoms with E-state index in [9.17, 15) is 4.39 Å². The predicted molar refractivity (Wildman–Crippen MR) is 67.7 cm³/mol. The molecule has 0 heterocycles. The van der Waals surface area contributed by atoms with Gasteiger partial charge in [-0.2, -0.15) is 0 Å². The molecule has 0 atom stereocenters. The van der Waals surface area contributed by atoms with E-state index in [-0.39, 0.29) is 10.2 Å². The summed E-state index contributed by atoms with van der Waals surface area (Å²) in [7, 11) is 0. The summed E-state index contributed by atoms with van der Waals surface area (Å²) in [5, 5.41) is 0. The minimum atomic E-state index is -0.321. The first-order chi connectivity index (χ1) is 7.25. The van der Waals surface area contributed by atoms with E-state index in [2.05, 4.69) is 6.92 Å². The van der Waals surface area contributed by atoms with Crippen LogP contribution in [0.2, 0.25) is 0 Å². The van der Waals surface area contributed by atoms with Crippen LogP contribution in [0.15, 0.2) is 34.7 Å². The Balaban J connectivity index is 2.64. The van der Waals surface area contributed by atoms with Gasteiger partial charge in [-0.15, -0.1) is 11.8 Å². The lowest BCUT2D eigenvalue weighted by Gasteiger charge is -2.02. The highest BCUT2D eigenvalue weighted by molar-refractivity contribution is 8.04. The molecule has 0 aromatic heterocycles. The van der Waals surface area contributed by atoms with Gasteiger partial charge in [-0.1, -0.05) is 55.3 Å². The molecule has 1 rings (SSSR count). The number of benzene rings is 1. The van der Waals surface area contributed by atoms with Crippen molar-refractivity contribution in [3.63, 3.8) is 0 Å². The maximum atomic E-state index is 13.7. The second-order valence-corrected chi connectivity index (χ2v) is 4.86. The van der Waals surface area contributed by atoms with Crippen LogP contribution in [0.3, 0.4) is 0 Å². The largest absolute Gasteiger partial charge is 0.204 e. The van der Waals surface area contributed by atoms with E-state index in [1.54, 1.807) is 24.3 Å². The van der Waals surface area contributed by atoms with Crippen molar-refractivity contribution in [2.75, 3.05) is 5.75 Å². The molecule has 0 N–H and O–H groups in total.